The molecule has 43 heavy (non-hydrogen) atoms. The van der Waals surface area contributed by atoms with E-state index in [2.05, 4.69) is 32.6 Å². The molecule has 2 fully saturated rings. The summed E-state index contributed by atoms with van der Waals surface area (Å²) in [6, 6.07) is 7.22. The molecule has 1 aliphatic carbocycles. The van der Waals surface area contributed by atoms with Crippen molar-refractivity contribution in [3.05, 3.63) is 71.7 Å². The van der Waals surface area contributed by atoms with Crippen LogP contribution in [0.5, 0.6) is 0 Å². The van der Waals surface area contributed by atoms with Gasteiger partial charge in [-0.2, -0.15) is 9.61 Å². The molecule has 0 spiro atoms. The Balaban J connectivity index is 1.29. The van der Waals surface area contributed by atoms with Crippen LogP contribution in [-0.2, 0) is 15.1 Å². The summed E-state index contributed by atoms with van der Waals surface area (Å²) >= 11 is 0. The average Bonchev–Trinajstić information content (AvgIpc) is 3.37. The number of hydrogen-bond donors (Lipinski definition) is 4. The van der Waals surface area contributed by atoms with Gasteiger partial charge in [-0.1, -0.05) is 6.92 Å². The summed E-state index contributed by atoms with van der Waals surface area (Å²) in [5.41, 5.74) is 7.48. The SMILES string of the molecule is CC(=O)N[C@@H]1[C@H](N)C[C@H](c2ccncc2Nc2ncc3ccc(-c4c(F)cc(C5(O)CCOCC5)cc4F)nn23)C[C@@H]1C. The number of benzene rings is 1. The lowest BCUT2D eigenvalue weighted by Crippen LogP contribution is -2.54. The summed E-state index contributed by atoms with van der Waals surface area (Å²) in [5.74, 6) is -1.09. The van der Waals surface area contributed by atoms with Crippen molar-refractivity contribution < 1.29 is 23.4 Å². The first-order valence-electron chi connectivity index (χ1n) is 14.5. The molecule has 0 unspecified atom stereocenters. The molecule has 2 aliphatic rings. The Labute approximate surface area is 247 Å². The number of aliphatic hydroxyl groups is 1. The number of fused-ring (bicyclic) bond motifs is 1. The second-order valence-corrected chi connectivity index (χ2v) is 11.7. The predicted octanol–water partition coefficient (Wildman–Crippen LogP) is 4.16. The molecule has 1 aromatic carbocycles. The number of carbonyl (C=O) groups is 1. The number of hydrogen-bond acceptors (Lipinski definition) is 8. The van der Waals surface area contributed by atoms with E-state index in [4.69, 9.17) is 10.5 Å². The second kappa shape index (κ2) is 11.6. The van der Waals surface area contributed by atoms with Crippen molar-refractivity contribution in [2.45, 2.75) is 63.1 Å². The molecule has 6 rings (SSSR count). The van der Waals surface area contributed by atoms with Crippen LogP contribution >= 0.6 is 0 Å². The number of carbonyl (C=O) groups excluding carboxylic acids is 1. The first-order chi connectivity index (χ1) is 20.6. The number of nitrogens with one attached hydrogen (secondary N) is 2. The van der Waals surface area contributed by atoms with Gasteiger partial charge in [-0.15, -0.1) is 0 Å². The van der Waals surface area contributed by atoms with Crippen LogP contribution in [0.3, 0.4) is 0 Å². The Morgan fingerprint density at radius 2 is 1.88 bits per heavy atom. The molecule has 1 aliphatic heterocycles. The minimum Gasteiger partial charge on any atom is -0.385 e. The van der Waals surface area contributed by atoms with Crippen LogP contribution in [0.1, 0.15) is 56.6 Å². The third-order valence-corrected chi connectivity index (χ3v) is 8.74. The number of ether oxygens (including phenoxy) is 1. The second-order valence-electron chi connectivity index (χ2n) is 11.7. The quantitative estimate of drug-likeness (QED) is 0.262. The molecule has 5 N–H and O–H groups in total. The van der Waals surface area contributed by atoms with Crippen molar-refractivity contribution in [2.24, 2.45) is 11.7 Å². The van der Waals surface area contributed by atoms with Crippen LogP contribution in [0.25, 0.3) is 16.8 Å². The fraction of sp³-hybridized carbons (Fsp3) is 0.419. The van der Waals surface area contributed by atoms with Crippen molar-refractivity contribution in [2.75, 3.05) is 18.5 Å². The van der Waals surface area contributed by atoms with Crippen molar-refractivity contribution in [1.82, 2.24) is 24.9 Å². The zero-order valence-electron chi connectivity index (χ0n) is 24.1. The van der Waals surface area contributed by atoms with Gasteiger partial charge < -0.3 is 26.2 Å². The summed E-state index contributed by atoms with van der Waals surface area (Å²) in [4.78, 5) is 20.5. The van der Waals surface area contributed by atoms with Gasteiger partial charge >= 0.3 is 0 Å². The molecule has 3 aromatic heterocycles. The van der Waals surface area contributed by atoms with Crippen LogP contribution < -0.4 is 16.4 Å². The summed E-state index contributed by atoms with van der Waals surface area (Å²) in [5, 5.41) is 21.8. The number of rotatable bonds is 6. The van der Waals surface area contributed by atoms with E-state index in [1.165, 1.54) is 29.6 Å². The van der Waals surface area contributed by atoms with Crippen LogP contribution in [0.2, 0.25) is 0 Å². The fourth-order valence-electron chi connectivity index (χ4n) is 6.50. The van der Waals surface area contributed by atoms with Crippen molar-refractivity contribution in [3.63, 3.8) is 0 Å². The molecule has 1 saturated carbocycles. The van der Waals surface area contributed by atoms with Crippen LogP contribution in [0.15, 0.2) is 48.9 Å². The molecular weight excluding hydrogens is 556 g/mol. The van der Waals surface area contributed by atoms with Gasteiger partial charge in [0.2, 0.25) is 11.9 Å². The molecule has 226 valence electrons. The number of halogens is 2. The van der Waals surface area contributed by atoms with Crippen LogP contribution in [0.4, 0.5) is 20.4 Å². The lowest BCUT2D eigenvalue weighted by molar-refractivity contribution is -0.120. The van der Waals surface area contributed by atoms with Gasteiger partial charge in [-0.25, -0.2) is 13.8 Å². The monoisotopic (exact) mass is 591 g/mol. The standard InChI is InChI=1S/C31H35F2N7O3/c1-17-11-19(12-25(34)29(17)37-18(2)41)22-5-8-35-16-27(22)38-30-36-15-21-3-4-26(39-40(21)30)28-23(32)13-20(14-24(28)33)31(42)6-9-43-10-7-31/h3-5,8,13-17,19,25,29,42H,6-7,9-12,34H2,1-2H3,(H,36,38)(H,37,41)/t17-,19+,25+,29-/m0/s1. The van der Waals surface area contributed by atoms with Gasteiger partial charge in [-0.3, -0.25) is 9.78 Å². The molecule has 1 amide bonds. The van der Waals surface area contributed by atoms with E-state index < -0.39 is 17.2 Å². The molecule has 0 bridgehead atoms. The highest BCUT2D eigenvalue weighted by Crippen LogP contribution is 2.40. The third-order valence-electron chi connectivity index (χ3n) is 8.74. The van der Waals surface area contributed by atoms with E-state index in [1.807, 2.05) is 6.07 Å². The molecule has 1 saturated heterocycles. The zero-order chi connectivity index (χ0) is 30.3. The van der Waals surface area contributed by atoms with Gasteiger partial charge in [0.1, 0.15) is 11.6 Å². The third kappa shape index (κ3) is 5.69. The molecule has 4 heterocycles. The zero-order valence-corrected chi connectivity index (χ0v) is 24.1. The van der Waals surface area contributed by atoms with E-state index >= 15 is 8.78 Å². The first kappa shape index (κ1) is 29.1. The number of aromatic nitrogens is 4. The topological polar surface area (TPSA) is 140 Å². The smallest absolute Gasteiger partial charge is 0.229 e. The van der Waals surface area contributed by atoms with Gasteiger partial charge in [0, 0.05) is 51.3 Å². The molecule has 4 aromatic rings. The highest BCUT2D eigenvalue weighted by atomic mass is 19.1. The van der Waals surface area contributed by atoms with E-state index in [0.717, 1.165) is 17.7 Å². The number of imidazole rings is 1. The number of nitrogens with two attached hydrogens (primary N) is 1. The highest BCUT2D eigenvalue weighted by molar-refractivity contribution is 5.73. The summed E-state index contributed by atoms with van der Waals surface area (Å²) in [6.07, 6.45) is 7.06. The molecule has 12 heteroatoms. The number of anilines is 2. The predicted molar refractivity (Wildman–Crippen MR) is 157 cm³/mol. The maximum absolute atomic E-state index is 15.4. The first-order valence-corrected chi connectivity index (χ1v) is 14.5. The Kier molecular flexibility index (Phi) is 7.84. The minimum absolute atomic E-state index is 0.0802. The number of nitrogens with zero attached hydrogens (tertiary/aromatic N) is 4. The Hall–Kier alpha value is -4.00. The molecule has 0 radical (unpaired) electrons. The summed E-state index contributed by atoms with van der Waals surface area (Å²) in [7, 11) is 0. The lowest BCUT2D eigenvalue weighted by Gasteiger charge is -2.39. The Bertz CT molecular complexity index is 1620. The van der Waals surface area contributed by atoms with Crippen molar-refractivity contribution in [3.8, 4) is 11.3 Å². The minimum atomic E-state index is -1.34. The summed E-state index contributed by atoms with van der Waals surface area (Å²) < 4.78 is 37.6. The van der Waals surface area contributed by atoms with Crippen LogP contribution in [-0.4, -0.2) is 55.9 Å². The molecule has 4 atom stereocenters. The number of amides is 1. The van der Waals surface area contributed by atoms with Crippen LogP contribution in [0, 0.1) is 17.6 Å². The molecule has 10 nitrogen and oxygen atoms in total. The summed E-state index contributed by atoms with van der Waals surface area (Å²) in [6.45, 7) is 4.22. The van der Waals surface area contributed by atoms with Crippen molar-refractivity contribution in [1.29, 1.82) is 0 Å². The number of pyridine rings is 1. The average molecular weight is 592 g/mol. The maximum atomic E-state index is 15.4. The normalized spacial score (nSPS) is 23.7. The molecular formula is C31H35F2N7O3. The van der Waals surface area contributed by atoms with Gasteiger partial charge in [0.25, 0.3) is 0 Å². The van der Waals surface area contributed by atoms with E-state index in [0.29, 0.717) is 31.1 Å². The van der Waals surface area contributed by atoms with E-state index in [9.17, 15) is 9.90 Å². The lowest BCUT2D eigenvalue weighted by atomic mass is 9.73. The largest absolute Gasteiger partial charge is 0.385 e. The van der Waals surface area contributed by atoms with Gasteiger partial charge in [0.15, 0.2) is 0 Å². The van der Waals surface area contributed by atoms with E-state index in [1.54, 1.807) is 24.7 Å². The van der Waals surface area contributed by atoms with Gasteiger partial charge in [-0.05, 0) is 66.1 Å². The maximum Gasteiger partial charge on any atom is 0.229 e. The Morgan fingerprint density at radius 3 is 2.58 bits per heavy atom. The van der Waals surface area contributed by atoms with E-state index in [-0.39, 0.29) is 59.5 Å². The highest BCUT2D eigenvalue weighted by Gasteiger charge is 2.36. The van der Waals surface area contributed by atoms with Crippen molar-refractivity contribution >= 4 is 23.1 Å². The van der Waals surface area contributed by atoms with Gasteiger partial charge in [0.05, 0.1) is 40.5 Å². The fourth-order valence-corrected chi connectivity index (χ4v) is 6.50. The Morgan fingerprint density at radius 1 is 1.14 bits per heavy atom.